The quantitative estimate of drug-likeness (QED) is 0.682. The molecule has 0 fully saturated rings. The molecule has 2 aromatic heterocycles. The van der Waals surface area contributed by atoms with E-state index in [2.05, 4.69) is 15.0 Å². The van der Waals surface area contributed by atoms with Crippen LogP contribution in [0, 0.1) is 0 Å². The van der Waals surface area contributed by atoms with Gasteiger partial charge in [0.1, 0.15) is 11.0 Å². The summed E-state index contributed by atoms with van der Waals surface area (Å²) in [5.41, 5.74) is 1.06. The van der Waals surface area contributed by atoms with E-state index in [9.17, 15) is 4.79 Å². The van der Waals surface area contributed by atoms with Gasteiger partial charge in [0, 0.05) is 6.20 Å². The number of nitrogens with zero attached hydrogens (tertiary/aromatic N) is 2. The third-order valence-corrected chi connectivity index (χ3v) is 2.93. The Labute approximate surface area is 107 Å². The Bertz CT molecular complexity index is 782. The monoisotopic (exact) mass is 257 g/mol. The van der Waals surface area contributed by atoms with Crippen molar-refractivity contribution in [3.05, 3.63) is 58.1 Å². The summed E-state index contributed by atoms with van der Waals surface area (Å²) < 4.78 is 0. The van der Waals surface area contributed by atoms with Crippen LogP contribution in [0.3, 0.4) is 0 Å². The Morgan fingerprint density at radius 1 is 1.11 bits per heavy atom. The lowest BCUT2D eigenvalue weighted by Crippen LogP contribution is -2.09. The molecule has 1 N–H and O–H groups in total. The van der Waals surface area contributed by atoms with E-state index in [1.165, 1.54) is 0 Å². The number of benzene rings is 1. The second kappa shape index (κ2) is 4.23. The zero-order chi connectivity index (χ0) is 12.5. The Morgan fingerprint density at radius 2 is 1.94 bits per heavy atom. The molecule has 5 heteroatoms. The average Bonchev–Trinajstić information content (AvgIpc) is 2.39. The summed E-state index contributed by atoms with van der Waals surface area (Å²) in [7, 11) is 0. The molecular weight excluding hydrogens is 250 g/mol. The molecule has 0 aliphatic carbocycles. The van der Waals surface area contributed by atoms with Gasteiger partial charge >= 0.3 is 0 Å². The number of aromatic nitrogens is 3. The summed E-state index contributed by atoms with van der Waals surface area (Å²) in [6, 6.07) is 10.7. The highest BCUT2D eigenvalue weighted by Gasteiger charge is 2.08. The number of hydrogen-bond donors (Lipinski definition) is 1. The number of aromatic amines is 1. The van der Waals surface area contributed by atoms with E-state index in [1.807, 2.05) is 6.07 Å². The minimum Gasteiger partial charge on any atom is -0.306 e. The molecule has 4 nitrogen and oxygen atoms in total. The number of pyridine rings is 1. The molecule has 88 valence electrons. The maximum absolute atomic E-state index is 11.9. The summed E-state index contributed by atoms with van der Waals surface area (Å²) in [5.74, 6) is 0.428. The molecule has 0 amide bonds. The molecule has 0 unspecified atom stereocenters. The lowest BCUT2D eigenvalue weighted by molar-refractivity contribution is 1.17. The highest BCUT2D eigenvalue weighted by molar-refractivity contribution is 6.31. The largest absolute Gasteiger partial charge is 0.306 e. The fraction of sp³-hybridized carbons (Fsp3) is 0. The Kier molecular flexibility index (Phi) is 2.57. The number of halogens is 1. The average molecular weight is 258 g/mol. The van der Waals surface area contributed by atoms with Crippen molar-refractivity contribution in [2.75, 3.05) is 0 Å². The summed E-state index contributed by atoms with van der Waals surface area (Å²) in [4.78, 5) is 23.0. The lowest BCUT2D eigenvalue weighted by Gasteiger charge is -2.03. The number of nitrogens with one attached hydrogen (secondary N) is 1. The molecule has 2 heterocycles. The maximum atomic E-state index is 11.9. The highest BCUT2D eigenvalue weighted by Crippen LogP contribution is 2.22. The number of fused-ring (bicyclic) bond motifs is 1. The van der Waals surface area contributed by atoms with Crippen LogP contribution < -0.4 is 5.56 Å². The van der Waals surface area contributed by atoms with Gasteiger partial charge in [-0.25, -0.2) is 9.97 Å². The molecule has 0 saturated carbocycles. The first-order valence-corrected chi connectivity index (χ1v) is 5.73. The number of para-hydroxylation sites is 1. The molecule has 0 atom stereocenters. The van der Waals surface area contributed by atoms with E-state index >= 15 is 0 Å². The predicted octanol–water partition coefficient (Wildman–Crippen LogP) is 2.64. The van der Waals surface area contributed by atoms with Crippen LogP contribution in [-0.4, -0.2) is 15.0 Å². The van der Waals surface area contributed by atoms with Crippen molar-refractivity contribution in [1.29, 1.82) is 0 Å². The van der Waals surface area contributed by atoms with Gasteiger partial charge in [0.15, 0.2) is 0 Å². The third kappa shape index (κ3) is 1.76. The van der Waals surface area contributed by atoms with Crippen LogP contribution >= 0.6 is 11.6 Å². The zero-order valence-electron chi connectivity index (χ0n) is 9.22. The van der Waals surface area contributed by atoms with Crippen LogP contribution in [0.5, 0.6) is 0 Å². The molecule has 18 heavy (non-hydrogen) atoms. The van der Waals surface area contributed by atoms with Gasteiger partial charge in [0.2, 0.25) is 0 Å². The van der Waals surface area contributed by atoms with Crippen molar-refractivity contribution in [2.45, 2.75) is 0 Å². The van der Waals surface area contributed by atoms with E-state index in [0.29, 0.717) is 27.4 Å². The molecule has 1 aromatic carbocycles. The van der Waals surface area contributed by atoms with Crippen LogP contribution in [0.15, 0.2) is 47.4 Å². The number of rotatable bonds is 1. The molecule has 3 rings (SSSR count). The standard InChI is InChI=1S/C13H8ClN3O/c14-11-9(5-3-7-15-11)12-16-10-6-2-1-4-8(10)13(18)17-12/h1-7H,(H,16,17,18). The van der Waals surface area contributed by atoms with E-state index in [0.717, 1.165) is 0 Å². The first-order valence-electron chi connectivity index (χ1n) is 5.35. The van der Waals surface area contributed by atoms with Crippen molar-refractivity contribution < 1.29 is 0 Å². The Balaban J connectivity index is 2.32. The molecule has 3 aromatic rings. The summed E-state index contributed by atoms with van der Waals surface area (Å²) in [5, 5.41) is 0.872. The van der Waals surface area contributed by atoms with Gasteiger partial charge in [-0.15, -0.1) is 0 Å². The smallest absolute Gasteiger partial charge is 0.259 e. The van der Waals surface area contributed by atoms with Gasteiger partial charge in [-0.05, 0) is 24.3 Å². The highest BCUT2D eigenvalue weighted by atomic mass is 35.5. The molecule has 0 saturated heterocycles. The topological polar surface area (TPSA) is 58.6 Å². The minimum absolute atomic E-state index is 0.185. The molecule has 0 aliphatic rings. The van der Waals surface area contributed by atoms with E-state index in [-0.39, 0.29) is 5.56 Å². The van der Waals surface area contributed by atoms with Crippen molar-refractivity contribution in [3.8, 4) is 11.4 Å². The fourth-order valence-corrected chi connectivity index (χ4v) is 1.99. The second-order valence-corrected chi connectivity index (χ2v) is 4.13. The van der Waals surface area contributed by atoms with Crippen molar-refractivity contribution in [1.82, 2.24) is 15.0 Å². The lowest BCUT2D eigenvalue weighted by atomic mass is 10.2. The van der Waals surface area contributed by atoms with E-state index in [1.54, 1.807) is 36.5 Å². The normalized spacial score (nSPS) is 10.7. The van der Waals surface area contributed by atoms with Crippen molar-refractivity contribution in [3.63, 3.8) is 0 Å². The van der Waals surface area contributed by atoms with Gasteiger partial charge in [-0.3, -0.25) is 4.79 Å². The van der Waals surface area contributed by atoms with Crippen molar-refractivity contribution in [2.24, 2.45) is 0 Å². The molecule has 0 bridgehead atoms. The minimum atomic E-state index is -0.185. The SMILES string of the molecule is O=c1[nH]c(-c2cccnc2Cl)nc2ccccc12. The van der Waals surface area contributed by atoms with E-state index < -0.39 is 0 Å². The van der Waals surface area contributed by atoms with Crippen LogP contribution in [0.25, 0.3) is 22.3 Å². The second-order valence-electron chi connectivity index (χ2n) is 3.77. The van der Waals surface area contributed by atoms with Crippen LogP contribution in [0.4, 0.5) is 0 Å². The van der Waals surface area contributed by atoms with Crippen molar-refractivity contribution >= 4 is 22.5 Å². The fourth-order valence-electron chi connectivity index (χ4n) is 1.78. The first kappa shape index (κ1) is 10.9. The van der Waals surface area contributed by atoms with Gasteiger partial charge in [0.25, 0.3) is 5.56 Å². The summed E-state index contributed by atoms with van der Waals surface area (Å²) in [6.45, 7) is 0. The maximum Gasteiger partial charge on any atom is 0.259 e. The molecule has 0 radical (unpaired) electrons. The molecule has 0 spiro atoms. The molecular formula is C13H8ClN3O. The summed E-state index contributed by atoms with van der Waals surface area (Å²) in [6.07, 6.45) is 1.59. The first-order chi connectivity index (χ1) is 8.75. The predicted molar refractivity (Wildman–Crippen MR) is 70.6 cm³/mol. The Morgan fingerprint density at radius 3 is 2.78 bits per heavy atom. The number of H-pyrrole nitrogens is 1. The van der Waals surface area contributed by atoms with Gasteiger partial charge in [0.05, 0.1) is 16.5 Å². The third-order valence-electron chi connectivity index (χ3n) is 2.63. The summed E-state index contributed by atoms with van der Waals surface area (Å²) >= 11 is 5.99. The molecule has 0 aliphatic heterocycles. The number of hydrogen-bond acceptors (Lipinski definition) is 3. The van der Waals surface area contributed by atoms with Gasteiger partial charge < -0.3 is 4.98 Å². The van der Waals surface area contributed by atoms with Gasteiger partial charge in [-0.2, -0.15) is 0 Å². The van der Waals surface area contributed by atoms with Gasteiger partial charge in [-0.1, -0.05) is 23.7 Å². The van der Waals surface area contributed by atoms with E-state index in [4.69, 9.17) is 11.6 Å². The Hall–Kier alpha value is -2.20. The van der Waals surface area contributed by atoms with Crippen LogP contribution in [-0.2, 0) is 0 Å². The van der Waals surface area contributed by atoms with Crippen LogP contribution in [0.1, 0.15) is 0 Å². The zero-order valence-corrected chi connectivity index (χ0v) is 9.98. The van der Waals surface area contributed by atoms with Crippen LogP contribution in [0.2, 0.25) is 5.15 Å².